The van der Waals surface area contributed by atoms with Crippen molar-refractivity contribution >= 4 is 5.91 Å². The van der Waals surface area contributed by atoms with Gasteiger partial charge in [-0.25, -0.2) is 0 Å². The van der Waals surface area contributed by atoms with Crippen LogP contribution >= 0.6 is 0 Å². The highest BCUT2D eigenvalue weighted by Gasteiger charge is 2.11. The van der Waals surface area contributed by atoms with Gasteiger partial charge in [0, 0.05) is 25.9 Å². The lowest BCUT2D eigenvalue weighted by atomic mass is 10.3. The van der Waals surface area contributed by atoms with E-state index in [1.54, 1.807) is 32.3 Å². The van der Waals surface area contributed by atoms with Gasteiger partial charge in [-0.3, -0.25) is 9.59 Å². The molecule has 0 radical (unpaired) electrons. The van der Waals surface area contributed by atoms with Crippen LogP contribution in [0.4, 0.5) is 0 Å². The Hall–Kier alpha value is -1.62. The molecule has 1 N–H and O–H groups in total. The number of hydrogen-bond donors (Lipinski definition) is 1. The number of aliphatic hydroxyl groups excluding tert-OH is 1. The van der Waals surface area contributed by atoms with Crippen LogP contribution in [0.2, 0.25) is 0 Å². The lowest BCUT2D eigenvalue weighted by Crippen LogP contribution is -2.37. The summed E-state index contributed by atoms with van der Waals surface area (Å²) < 4.78 is 1.33. The molecule has 88 valence electrons. The number of hydrogen-bond acceptors (Lipinski definition) is 3. The van der Waals surface area contributed by atoms with E-state index in [0.717, 1.165) is 0 Å². The SMILES string of the molecule is CC(O)CN(C)C(=O)Cn1ccccc1=O. The zero-order valence-electron chi connectivity index (χ0n) is 9.46. The molecule has 1 amide bonds. The van der Waals surface area contributed by atoms with Gasteiger partial charge in [-0.2, -0.15) is 0 Å². The molecule has 1 aromatic rings. The summed E-state index contributed by atoms with van der Waals surface area (Å²) in [6.07, 6.45) is 0.998. The maximum atomic E-state index is 11.7. The average molecular weight is 224 g/mol. The zero-order valence-corrected chi connectivity index (χ0v) is 9.46. The second-order valence-electron chi connectivity index (χ2n) is 3.79. The number of aromatic nitrogens is 1. The first-order chi connectivity index (χ1) is 7.50. The van der Waals surface area contributed by atoms with Gasteiger partial charge in [-0.15, -0.1) is 0 Å². The summed E-state index contributed by atoms with van der Waals surface area (Å²) in [7, 11) is 1.60. The quantitative estimate of drug-likeness (QED) is 0.763. The van der Waals surface area contributed by atoms with E-state index in [4.69, 9.17) is 5.11 Å². The largest absolute Gasteiger partial charge is 0.392 e. The van der Waals surface area contributed by atoms with Crippen molar-refractivity contribution < 1.29 is 9.90 Å². The summed E-state index contributed by atoms with van der Waals surface area (Å²) >= 11 is 0. The molecule has 1 heterocycles. The van der Waals surface area contributed by atoms with E-state index in [0.29, 0.717) is 0 Å². The molecule has 0 spiro atoms. The molecule has 0 saturated heterocycles. The minimum Gasteiger partial charge on any atom is -0.392 e. The molecule has 0 saturated carbocycles. The molecule has 1 unspecified atom stereocenters. The second kappa shape index (κ2) is 5.46. The van der Waals surface area contributed by atoms with Crippen LogP contribution in [-0.4, -0.2) is 40.2 Å². The van der Waals surface area contributed by atoms with Crippen molar-refractivity contribution in [3.63, 3.8) is 0 Å². The number of pyridine rings is 1. The van der Waals surface area contributed by atoms with Crippen LogP contribution in [-0.2, 0) is 11.3 Å². The number of rotatable bonds is 4. The Morgan fingerprint density at radius 1 is 1.56 bits per heavy atom. The minimum absolute atomic E-state index is 0.00287. The fourth-order valence-electron chi connectivity index (χ4n) is 1.36. The maximum absolute atomic E-state index is 11.7. The molecule has 16 heavy (non-hydrogen) atoms. The highest BCUT2D eigenvalue weighted by atomic mass is 16.3. The fourth-order valence-corrected chi connectivity index (χ4v) is 1.36. The molecule has 0 aliphatic rings. The number of likely N-dealkylation sites (N-methyl/N-ethyl adjacent to an activating group) is 1. The zero-order chi connectivity index (χ0) is 12.1. The van der Waals surface area contributed by atoms with Gasteiger partial charge in [-0.05, 0) is 13.0 Å². The summed E-state index contributed by atoms with van der Waals surface area (Å²) in [6, 6.07) is 4.73. The molecule has 0 fully saturated rings. The Morgan fingerprint density at radius 2 is 2.25 bits per heavy atom. The van der Waals surface area contributed by atoms with Gasteiger partial charge in [0.15, 0.2) is 0 Å². The molecular weight excluding hydrogens is 208 g/mol. The van der Waals surface area contributed by atoms with Crippen molar-refractivity contribution in [1.29, 1.82) is 0 Å². The molecular formula is C11H16N2O3. The topological polar surface area (TPSA) is 62.5 Å². The first kappa shape index (κ1) is 12.4. The smallest absolute Gasteiger partial charge is 0.250 e. The maximum Gasteiger partial charge on any atom is 0.250 e. The molecule has 5 nitrogen and oxygen atoms in total. The normalized spacial score (nSPS) is 12.2. The van der Waals surface area contributed by atoms with Crippen molar-refractivity contribution in [2.75, 3.05) is 13.6 Å². The summed E-state index contributed by atoms with van der Waals surface area (Å²) in [5.41, 5.74) is -0.207. The van der Waals surface area contributed by atoms with E-state index < -0.39 is 6.10 Å². The molecule has 0 bridgehead atoms. The monoisotopic (exact) mass is 224 g/mol. The number of nitrogens with zero attached hydrogens (tertiary/aromatic N) is 2. The first-order valence-corrected chi connectivity index (χ1v) is 5.08. The van der Waals surface area contributed by atoms with Gasteiger partial charge in [0.05, 0.1) is 6.10 Å². The third-order valence-corrected chi connectivity index (χ3v) is 2.17. The predicted octanol–water partition coefficient (Wildman–Crippen LogP) is -0.313. The second-order valence-corrected chi connectivity index (χ2v) is 3.79. The van der Waals surface area contributed by atoms with E-state index in [2.05, 4.69) is 0 Å². The highest BCUT2D eigenvalue weighted by molar-refractivity contribution is 5.75. The minimum atomic E-state index is -0.568. The third kappa shape index (κ3) is 3.51. The molecule has 0 aliphatic carbocycles. The number of carbonyl (C=O) groups is 1. The average Bonchev–Trinajstić information content (AvgIpc) is 2.20. The van der Waals surface area contributed by atoms with Gasteiger partial charge in [-0.1, -0.05) is 6.07 Å². The van der Waals surface area contributed by atoms with Crippen molar-refractivity contribution in [2.45, 2.75) is 19.6 Å². The Morgan fingerprint density at radius 3 is 2.81 bits per heavy atom. The van der Waals surface area contributed by atoms with Crippen LogP contribution in [0.25, 0.3) is 0 Å². The van der Waals surface area contributed by atoms with E-state index in [1.165, 1.54) is 15.5 Å². The van der Waals surface area contributed by atoms with E-state index in [1.807, 2.05) is 0 Å². The van der Waals surface area contributed by atoms with Crippen LogP contribution in [0.15, 0.2) is 29.2 Å². The first-order valence-electron chi connectivity index (χ1n) is 5.08. The highest BCUT2D eigenvalue weighted by Crippen LogP contribution is 1.92. The van der Waals surface area contributed by atoms with Gasteiger partial charge >= 0.3 is 0 Å². The predicted molar refractivity (Wildman–Crippen MR) is 60.0 cm³/mol. The van der Waals surface area contributed by atoms with Crippen molar-refractivity contribution in [1.82, 2.24) is 9.47 Å². The Balaban J connectivity index is 2.65. The lowest BCUT2D eigenvalue weighted by molar-refractivity contribution is -0.131. The van der Waals surface area contributed by atoms with E-state index in [-0.39, 0.29) is 24.6 Å². The van der Waals surface area contributed by atoms with Crippen molar-refractivity contribution in [2.24, 2.45) is 0 Å². The van der Waals surface area contributed by atoms with Gasteiger partial charge in [0.25, 0.3) is 5.56 Å². The van der Waals surface area contributed by atoms with Crippen LogP contribution < -0.4 is 5.56 Å². The molecule has 1 aromatic heterocycles. The molecule has 1 rings (SSSR count). The number of carbonyl (C=O) groups excluding carboxylic acids is 1. The van der Waals surface area contributed by atoms with Crippen molar-refractivity contribution in [3.05, 3.63) is 34.7 Å². The standard InChI is InChI=1S/C11H16N2O3/c1-9(14)7-12(2)11(16)8-13-6-4-3-5-10(13)15/h3-6,9,14H,7-8H2,1-2H3. The van der Waals surface area contributed by atoms with Crippen molar-refractivity contribution in [3.8, 4) is 0 Å². The van der Waals surface area contributed by atoms with Crippen LogP contribution in [0.3, 0.4) is 0 Å². The third-order valence-electron chi connectivity index (χ3n) is 2.17. The Bertz CT molecular complexity index is 412. The van der Waals surface area contributed by atoms with E-state index in [9.17, 15) is 9.59 Å². The Kier molecular flexibility index (Phi) is 4.25. The lowest BCUT2D eigenvalue weighted by Gasteiger charge is -2.19. The summed E-state index contributed by atoms with van der Waals surface area (Å²) in [5, 5.41) is 9.13. The number of amides is 1. The van der Waals surface area contributed by atoms with Gasteiger partial charge < -0.3 is 14.6 Å². The van der Waals surface area contributed by atoms with Gasteiger partial charge in [0.1, 0.15) is 6.54 Å². The van der Waals surface area contributed by atoms with Gasteiger partial charge in [0.2, 0.25) is 5.91 Å². The van der Waals surface area contributed by atoms with Crippen LogP contribution in [0.5, 0.6) is 0 Å². The molecule has 1 atom stereocenters. The molecule has 0 aliphatic heterocycles. The Labute approximate surface area is 93.9 Å². The summed E-state index contributed by atoms with van der Waals surface area (Å²) in [5.74, 6) is -0.200. The van der Waals surface area contributed by atoms with Crippen LogP contribution in [0.1, 0.15) is 6.92 Å². The summed E-state index contributed by atoms with van der Waals surface area (Å²) in [6.45, 7) is 1.88. The molecule has 0 aromatic carbocycles. The number of aliphatic hydroxyl groups is 1. The summed E-state index contributed by atoms with van der Waals surface area (Å²) in [4.78, 5) is 24.4. The van der Waals surface area contributed by atoms with E-state index >= 15 is 0 Å². The fraction of sp³-hybridized carbons (Fsp3) is 0.455. The van der Waals surface area contributed by atoms with Crippen LogP contribution in [0, 0.1) is 0 Å². The molecule has 5 heteroatoms.